The van der Waals surface area contributed by atoms with Gasteiger partial charge < -0.3 is 10.2 Å². The first-order valence-electron chi connectivity index (χ1n) is 9.11. The second-order valence-corrected chi connectivity index (χ2v) is 7.31. The van der Waals surface area contributed by atoms with Crippen molar-refractivity contribution in [2.75, 3.05) is 0 Å². The second kappa shape index (κ2) is 14.1. The monoisotopic (exact) mass is 414 g/mol. The van der Waals surface area contributed by atoms with Crippen LogP contribution in [-0.4, -0.2) is 39.3 Å². The number of Topliss-reactive ketones (excluding diaryl/α,β-unsaturated/α-hetero) is 1. The quantitative estimate of drug-likeness (QED) is 0.554. The molecule has 0 bridgehead atoms. The standard InChI is InChI=1S/C12H14O2.C7H6O.C5H10O2.CH4/c1-12(2,14)11(13)9-8-10-6-4-3-5-7-10;8-6-7-4-2-1-3-5-7;1-4(6)5(2,3)7;/h3-9,14H,1-2H3;1-6H;7H,1-3H3;1H4. The Morgan fingerprint density at radius 2 is 1.13 bits per heavy atom. The van der Waals surface area contributed by atoms with Crippen LogP contribution in [0.4, 0.5) is 0 Å². The number of carbonyl (C=O) groups excluding carboxylic acids is 3. The fourth-order valence-electron chi connectivity index (χ4n) is 1.47. The summed E-state index contributed by atoms with van der Waals surface area (Å²) in [5.41, 5.74) is -0.747. The number of rotatable bonds is 5. The minimum atomic E-state index is -1.29. The smallest absolute Gasteiger partial charge is 0.186 e. The maximum Gasteiger partial charge on any atom is 0.186 e. The summed E-state index contributed by atoms with van der Waals surface area (Å²) in [7, 11) is 0. The molecular formula is C25H34O5. The summed E-state index contributed by atoms with van der Waals surface area (Å²) in [4.78, 5) is 31.5. The van der Waals surface area contributed by atoms with Crippen LogP contribution in [0.3, 0.4) is 0 Å². The van der Waals surface area contributed by atoms with Crippen molar-refractivity contribution in [3.8, 4) is 0 Å². The zero-order valence-corrected chi connectivity index (χ0v) is 17.6. The molecule has 0 aliphatic rings. The van der Waals surface area contributed by atoms with Crippen LogP contribution in [0.15, 0.2) is 66.7 Å². The molecule has 164 valence electrons. The molecule has 2 rings (SSSR count). The van der Waals surface area contributed by atoms with Crippen molar-refractivity contribution in [2.45, 2.75) is 53.2 Å². The van der Waals surface area contributed by atoms with Crippen molar-refractivity contribution >= 4 is 23.9 Å². The van der Waals surface area contributed by atoms with Crippen molar-refractivity contribution in [3.05, 3.63) is 77.9 Å². The predicted octanol–water partition coefficient (Wildman–Crippen LogP) is 4.52. The van der Waals surface area contributed by atoms with E-state index in [-0.39, 0.29) is 19.0 Å². The second-order valence-electron chi connectivity index (χ2n) is 7.31. The number of aliphatic hydroxyl groups is 2. The summed E-state index contributed by atoms with van der Waals surface area (Å²) >= 11 is 0. The van der Waals surface area contributed by atoms with Crippen LogP contribution in [-0.2, 0) is 9.59 Å². The van der Waals surface area contributed by atoms with E-state index in [1.54, 1.807) is 18.2 Å². The molecule has 0 amide bonds. The SMILES string of the molecule is C.CC(=O)C(C)(C)O.CC(C)(O)C(=O)C=Cc1ccccc1.O=Cc1ccccc1. The summed E-state index contributed by atoms with van der Waals surface area (Å²) in [6, 6.07) is 18.6. The van der Waals surface area contributed by atoms with E-state index in [0.29, 0.717) is 0 Å². The van der Waals surface area contributed by atoms with Crippen molar-refractivity contribution < 1.29 is 24.6 Å². The van der Waals surface area contributed by atoms with Crippen molar-refractivity contribution in [3.63, 3.8) is 0 Å². The fraction of sp³-hybridized carbons (Fsp3) is 0.320. The number of benzene rings is 2. The van der Waals surface area contributed by atoms with Gasteiger partial charge in [0.2, 0.25) is 0 Å². The van der Waals surface area contributed by atoms with Crippen LogP contribution in [0.1, 0.15) is 58.0 Å². The van der Waals surface area contributed by atoms with E-state index in [9.17, 15) is 19.5 Å². The lowest BCUT2D eigenvalue weighted by Gasteiger charge is -2.11. The Kier molecular flexibility index (Phi) is 13.8. The van der Waals surface area contributed by atoms with Crippen molar-refractivity contribution in [1.29, 1.82) is 0 Å². The Bertz CT molecular complexity index is 780. The summed E-state index contributed by atoms with van der Waals surface area (Å²) in [5.74, 6) is -0.492. The van der Waals surface area contributed by atoms with Gasteiger partial charge >= 0.3 is 0 Å². The molecule has 5 heteroatoms. The molecule has 30 heavy (non-hydrogen) atoms. The van der Waals surface area contributed by atoms with Gasteiger partial charge in [-0.2, -0.15) is 0 Å². The average molecular weight is 415 g/mol. The Morgan fingerprint density at radius 3 is 1.40 bits per heavy atom. The number of ketones is 2. The zero-order chi connectivity index (χ0) is 22.5. The molecule has 2 N–H and O–H groups in total. The van der Waals surface area contributed by atoms with E-state index in [4.69, 9.17) is 5.11 Å². The van der Waals surface area contributed by atoms with Crippen LogP contribution in [0.25, 0.3) is 6.08 Å². The molecule has 2 aromatic carbocycles. The molecule has 2 aromatic rings. The molecule has 0 fully saturated rings. The first kappa shape index (κ1) is 29.3. The molecular weight excluding hydrogens is 380 g/mol. The normalized spacial score (nSPS) is 10.5. The lowest BCUT2D eigenvalue weighted by molar-refractivity contribution is -0.131. The van der Waals surface area contributed by atoms with Gasteiger partial charge in [-0.05, 0) is 46.3 Å². The van der Waals surface area contributed by atoms with Gasteiger partial charge in [-0.1, -0.05) is 74.2 Å². The highest BCUT2D eigenvalue weighted by Gasteiger charge is 2.20. The number of aldehydes is 1. The number of hydrogen-bond donors (Lipinski definition) is 2. The van der Waals surface area contributed by atoms with Gasteiger partial charge in [-0.15, -0.1) is 0 Å². The molecule has 0 saturated heterocycles. The van der Waals surface area contributed by atoms with Crippen LogP contribution >= 0.6 is 0 Å². The molecule has 0 heterocycles. The van der Waals surface area contributed by atoms with E-state index in [1.807, 2.05) is 48.5 Å². The largest absolute Gasteiger partial charge is 0.383 e. The molecule has 0 saturated carbocycles. The van der Waals surface area contributed by atoms with Gasteiger partial charge in [0.05, 0.1) is 0 Å². The molecule has 0 radical (unpaired) electrons. The molecule has 0 aliphatic carbocycles. The Hall–Kier alpha value is -2.89. The Balaban J connectivity index is 0. The molecule has 0 atom stereocenters. The van der Waals surface area contributed by atoms with E-state index in [2.05, 4.69) is 0 Å². The van der Waals surface area contributed by atoms with Gasteiger partial charge in [-0.25, -0.2) is 0 Å². The summed E-state index contributed by atoms with van der Waals surface area (Å²) in [6.45, 7) is 7.25. The average Bonchev–Trinajstić information content (AvgIpc) is 2.67. The maximum absolute atomic E-state index is 11.3. The highest BCUT2D eigenvalue weighted by atomic mass is 16.3. The topological polar surface area (TPSA) is 91.7 Å². The highest BCUT2D eigenvalue weighted by molar-refractivity contribution is 5.99. The van der Waals surface area contributed by atoms with Gasteiger partial charge in [0.1, 0.15) is 17.5 Å². The molecule has 0 spiro atoms. The first-order valence-corrected chi connectivity index (χ1v) is 9.11. The van der Waals surface area contributed by atoms with Crippen LogP contribution in [0.5, 0.6) is 0 Å². The lowest BCUT2D eigenvalue weighted by atomic mass is 10.0. The lowest BCUT2D eigenvalue weighted by Crippen LogP contribution is -2.29. The maximum atomic E-state index is 11.3. The molecule has 0 aliphatic heterocycles. The Labute approximate surface area is 180 Å². The Morgan fingerprint density at radius 1 is 0.767 bits per heavy atom. The first-order chi connectivity index (χ1) is 13.4. The van der Waals surface area contributed by atoms with Gasteiger partial charge in [-0.3, -0.25) is 14.4 Å². The third-order valence-electron chi connectivity index (χ3n) is 3.63. The van der Waals surface area contributed by atoms with Crippen LogP contribution < -0.4 is 0 Å². The fourth-order valence-corrected chi connectivity index (χ4v) is 1.47. The van der Waals surface area contributed by atoms with E-state index in [0.717, 1.165) is 17.4 Å². The minimum Gasteiger partial charge on any atom is -0.383 e. The third kappa shape index (κ3) is 14.2. The predicted molar refractivity (Wildman–Crippen MR) is 122 cm³/mol. The third-order valence-corrected chi connectivity index (χ3v) is 3.63. The van der Waals surface area contributed by atoms with E-state index < -0.39 is 11.2 Å². The van der Waals surface area contributed by atoms with Gasteiger partial charge in [0.25, 0.3) is 0 Å². The van der Waals surface area contributed by atoms with E-state index in [1.165, 1.54) is 40.7 Å². The number of carbonyl (C=O) groups is 3. The highest BCUT2D eigenvalue weighted by Crippen LogP contribution is 2.07. The molecule has 0 aromatic heterocycles. The van der Waals surface area contributed by atoms with Crippen molar-refractivity contribution in [1.82, 2.24) is 0 Å². The summed E-state index contributed by atoms with van der Waals surface area (Å²) in [6.07, 6.45) is 3.93. The van der Waals surface area contributed by atoms with E-state index >= 15 is 0 Å². The minimum absolute atomic E-state index is 0. The zero-order valence-electron chi connectivity index (χ0n) is 17.6. The molecule has 5 nitrogen and oxygen atoms in total. The van der Waals surface area contributed by atoms with Crippen molar-refractivity contribution in [2.24, 2.45) is 0 Å². The molecule has 0 unspecified atom stereocenters. The summed E-state index contributed by atoms with van der Waals surface area (Å²) < 4.78 is 0. The summed E-state index contributed by atoms with van der Waals surface area (Å²) in [5, 5.41) is 18.1. The van der Waals surface area contributed by atoms with Gasteiger partial charge in [0.15, 0.2) is 11.6 Å². The number of hydrogen-bond acceptors (Lipinski definition) is 5. The van der Waals surface area contributed by atoms with Gasteiger partial charge in [0, 0.05) is 5.56 Å². The van der Waals surface area contributed by atoms with Crippen LogP contribution in [0, 0.1) is 0 Å². The van der Waals surface area contributed by atoms with Crippen LogP contribution in [0.2, 0.25) is 0 Å².